The Hall–Kier alpha value is -3.41. The summed E-state index contributed by atoms with van der Waals surface area (Å²) in [5.74, 6) is 1.32. The van der Waals surface area contributed by atoms with Gasteiger partial charge in [-0.05, 0) is 49.6 Å². The molecule has 0 N–H and O–H groups in total. The van der Waals surface area contributed by atoms with E-state index in [1.54, 1.807) is 17.9 Å². The van der Waals surface area contributed by atoms with Crippen LogP contribution in [0, 0.1) is 13.8 Å². The van der Waals surface area contributed by atoms with E-state index < -0.39 is 0 Å². The van der Waals surface area contributed by atoms with Gasteiger partial charge in [-0.1, -0.05) is 11.2 Å². The molecule has 0 spiro atoms. The number of hydrogen-bond donors (Lipinski definition) is 0. The molecule has 0 unspecified atom stereocenters. The van der Waals surface area contributed by atoms with Crippen LogP contribution < -0.4 is 10.3 Å². The molecule has 0 saturated heterocycles. The van der Waals surface area contributed by atoms with E-state index in [0.717, 1.165) is 22.2 Å². The average Bonchev–Trinajstić information content (AvgIpc) is 3.02. The number of aromatic nitrogens is 3. The maximum Gasteiger partial charge on any atom is 0.259 e. The Kier molecular flexibility index (Phi) is 4.24. The van der Waals surface area contributed by atoms with Crippen molar-refractivity contribution >= 4 is 10.9 Å². The van der Waals surface area contributed by atoms with Crippen molar-refractivity contribution in [3.05, 3.63) is 76.2 Å². The van der Waals surface area contributed by atoms with Crippen molar-refractivity contribution in [1.82, 2.24) is 14.7 Å². The van der Waals surface area contributed by atoms with E-state index in [4.69, 9.17) is 9.26 Å². The minimum Gasteiger partial charge on any atom is -0.497 e. The van der Waals surface area contributed by atoms with Crippen LogP contribution in [0.15, 0.2) is 58.0 Å². The van der Waals surface area contributed by atoms with E-state index in [0.29, 0.717) is 29.3 Å². The Morgan fingerprint density at radius 3 is 2.67 bits per heavy atom. The molecule has 0 atom stereocenters. The van der Waals surface area contributed by atoms with Gasteiger partial charge in [0.15, 0.2) is 0 Å². The van der Waals surface area contributed by atoms with Gasteiger partial charge in [0.25, 0.3) is 5.56 Å². The average molecular weight is 361 g/mol. The second-order valence-corrected chi connectivity index (χ2v) is 6.39. The molecule has 0 saturated carbocycles. The lowest BCUT2D eigenvalue weighted by Crippen LogP contribution is -2.23. The van der Waals surface area contributed by atoms with Gasteiger partial charge in [-0.25, -0.2) is 0 Å². The third kappa shape index (κ3) is 2.99. The van der Waals surface area contributed by atoms with Gasteiger partial charge in [0.2, 0.25) is 0 Å². The molecule has 3 aromatic heterocycles. The number of hydrogen-bond acceptors (Lipinski definition) is 5. The summed E-state index contributed by atoms with van der Waals surface area (Å²) in [5.41, 5.74) is 3.49. The molecule has 136 valence electrons. The smallest absolute Gasteiger partial charge is 0.259 e. The quantitative estimate of drug-likeness (QED) is 0.554. The maximum atomic E-state index is 13.4. The third-order valence-electron chi connectivity index (χ3n) is 4.65. The van der Waals surface area contributed by atoms with Gasteiger partial charge >= 0.3 is 0 Å². The zero-order valence-corrected chi connectivity index (χ0v) is 15.4. The summed E-state index contributed by atoms with van der Waals surface area (Å²) in [6.07, 6.45) is 1.72. The lowest BCUT2D eigenvalue weighted by atomic mass is 10.0. The summed E-state index contributed by atoms with van der Waals surface area (Å²) in [6, 6.07) is 13.3. The molecule has 0 radical (unpaired) electrons. The van der Waals surface area contributed by atoms with Gasteiger partial charge < -0.3 is 13.8 Å². The normalized spacial score (nSPS) is 11.1. The van der Waals surface area contributed by atoms with Crippen LogP contribution in [0.4, 0.5) is 0 Å². The van der Waals surface area contributed by atoms with Crippen LogP contribution in [0.3, 0.4) is 0 Å². The Balaban J connectivity index is 2.02. The van der Waals surface area contributed by atoms with Crippen LogP contribution in [-0.2, 0) is 6.54 Å². The highest BCUT2D eigenvalue weighted by Crippen LogP contribution is 2.28. The van der Waals surface area contributed by atoms with Crippen LogP contribution in [0.2, 0.25) is 0 Å². The molecule has 6 nitrogen and oxygen atoms in total. The van der Waals surface area contributed by atoms with Crippen LogP contribution in [0.5, 0.6) is 5.75 Å². The van der Waals surface area contributed by atoms with E-state index in [2.05, 4.69) is 10.1 Å². The fourth-order valence-electron chi connectivity index (χ4n) is 3.34. The monoisotopic (exact) mass is 361 g/mol. The SMILES string of the molecule is COc1ccc2cc(-c3c(C)noc3C)c(=O)n(Cc3ccccn3)c2c1. The number of pyridine rings is 2. The molecule has 0 bridgehead atoms. The predicted octanol–water partition coefficient (Wildman–Crippen LogP) is 3.73. The van der Waals surface area contributed by atoms with Crippen molar-refractivity contribution in [1.29, 1.82) is 0 Å². The molecule has 3 heterocycles. The van der Waals surface area contributed by atoms with Gasteiger partial charge in [0, 0.05) is 12.3 Å². The minimum atomic E-state index is -0.115. The predicted molar refractivity (Wildman–Crippen MR) is 103 cm³/mol. The molecule has 4 aromatic rings. The third-order valence-corrected chi connectivity index (χ3v) is 4.65. The Bertz CT molecular complexity index is 1160. The van der Waals surface area contributed by atoms with Crippen LogP contribution in [0.1, 0.15) is 17.1 Å². The molecular weight excluding hydrogens is 342 g/mol. The number of fused-ring (bicyclic) bond motifs is 1. The molecule has 27 heavy (non-hydrogen) atoms. The molecule has 4 rings (SSSR count). The van der Waals surface area contributed by atoms with Gasteiger partial charge in [0.05, 0.1) is 41.7 Å². The zero-order chi connectivity index (χ0) is 19.0. The van der Waals surface area contributed by atoms with Crippen molar-refractivity contribution < 1.29 is 9.26 Å². The van der Waals surface area contributed by atoms with E-state index in [1.807, 2.05) is 56.3 Å². The van der Waals surface area contributed by atoms with Crippen molar-refractivity contribution in [3.63, 3.8) is 0 Å². The highest BCUT2D eigenvalue weighted by molar-refractivity contribution is 5.86. The first kappa shape index (κ1) is 17.0. The molecule has 1 aromatic carbocycles. The van der Waals surface area contributed by atoms with Gasteiger partial charge in [0.1, 0.15) is 11.5 Å². The highest BCUT2D eigenvalue weighted by Gasteiger charge is 2.18. The number of ether oxygens (including phenoxy) is 1. The van der Waals surface area contributed by atoms with Gasteiger partial charge in [-0.3, -0.25) is 9.78 Å². The lowest BCUT2D eigenvalue weighted by molar-refractivity contribution is 0.393. The first-order chi connectivity index (χ1) is 13.1. The van der Waals surface area contributed by atoms with Crippen LogP contribution >= 0.6 is 0 Å². The highest BCUT2D eigenvalue weighted by atomic mass is 16.5. The van der Waals surface area contributed by atoms with Gasteiger partial charge in [-0.2, -0.15) is 0 Å². The first-order valence-corrected chi connectivity index (χ1v) is 8.63. The van der Waals surface area contributed by atoms with E-state index in [1.165, 1.54) is 0 Å². The Morgan fingerprint density at radius 1 is 1.15 bits per heavy atom. The number of benzene rings is 1. The van der Waals surface area contributed by atoms with Crippen LogP contribution in [-0.4, -0.2) is 21.8 Å². The Morgan fingerprint density at radius 2 is 2.00 bits per heavy atom. The summed E-state index contributed by atoms with van der Waals surface area (Å²) in [7, 11) is 1.61. The number of aryl methyl sites for hydroxylation is 2. The largest absolute Gasteiger partial charge is 0.497 e. The van der Waals surface area contributed by atoms with Crippen molar-refractivity contribution in [3.8, 4) is 16.9 Å². The number of rotatable bonds is 4. The summed E-state index contributed by atoms with van der Waals surface area (Å²) in [6.45, 7) is 4.02. The molecular formula is C21H19N3O3. The standard InChI is InChI=1S/C21H19N3O3/c1-13-20(14(2)27-23-13)18-10-15-7-8-17(26-3)11-19(15)24(21(18)25)12-16-6-4-5-9-22-16/h4-11H,12H2,1-3H3. The molecule has 0 aliphatic carbocycles. The lowest BCUT2D eigenvalue weighted by Gasteiger charge is -2.14. The minimum absolute atomic E-state index is 0.115. The second kappa shape index (κ2) is 6.72. The van der Waals surface area contributed by atoms with Gasteiger partial charge in [-0.15, -0.1) is 0 Å². The van der Waals surface area contributed by atoms with E-state index >= 15 is 0 Å². The fraction of sp³-hybridized carbons (Fsp3) is 0.190. The zero-order valence-electron chi connectivity index (χ0n) is 15.4. The molecule has 0 aliphatic rings. The van der Waals surface area contributed by atoms with E-state index in [9.17, 15) is 4.79 Å². The fourth-order valence-corrected chi connectivity index (χ4v) is 3.34. The van der Waals surface area contributed by atoms with E-state index in [-0.39, 0.29) is 5.56 Å². The van der Waals surface area contributed by atoms with Crippen molar-refractivity contribution in [2.45, 2.75) is 20.4 Å². The summed E-state index contributed by atoms with van der Waals surface area (Å²) < 4.78 is 12.4. The first-order valence-electron chi connectivity index (χ1n) is 8.63. The second-order valence-electron chi connectivity index (χ2n) is 6.39. The maximum absolute atomic E-state index is 13.4. The summed E-state index contributed by atoms with van der Waals surface area (Å²) in [4.78, 5) is 17.8. The van der Waals surface area contributed by atoms with Crippen molar-refractivity contribution in [2.24, 2.45) is 0 Å². The van der Waals surface area contributed by atoms with Crippen molar-refractivity contribution in [2.75, 3.05) is 7.11 Å². The number of nitrogens with zero attached hydrogens (tertiary/aromatic N) is 3. The topological polar surface area (TPSA) is 70.2 Å². The van der Waals surface area contributed by atoms with Crippen LogP contribution in [0.25, 0.3) is 22.0 Å². The molecule has 0 amide bonds. The summed E-state index contributed by atoms with van der Waals surface area (Å²) >= 11 is 0. The Labute approximate surface area is 156 Å². The molecule has 0 aliphatic heterocycles. The molecule has 0 fully saturated rings. The summed E-state index contributed by atoms with van der Waals surface area (Å²) in [5, 5.41) is 4.93. The molecule has 6 heteroatoms. The number of methoxy groups -OCH3 is 1.